The first-order valence-electron chi connectivity index (χ1n) is 3.95. The summed E-state index contributed by atoms with van der Waals surface area (Å²) in [5, 5.41) is 7.42. The summed E-state index contributed by atoms with van der Waals surface area (Å²) in [6.07, 6.45) is 3.43. The third-order valence-corrected chi connectivity index (χ3v) is 1.84. The molecule has 0 atom stereocenters. The largest absolute Gasteiger partial charge is 0.464 e. The fourth-order valence-electron chi connectivity index (χ4n) is 0.954. The minimum atomic E-state index is -0.531. The second-order valence-corrected chi connectivity index (χ2v) is 2.70. The number of alkyl halides is 1. The molecule has 0 unspecified atom stereocenters. The van der Waals surface area contributed by atoms with Gasteiger partial charge >= 0.3 is 5.97 Å². The fourth-order valence-corrected chi connectivity index (χ4v) is 1.20. The average molecular weight is 216 g/mol. The minimum absolute atomic E-state index is 0.153. The summed E-state index contributed by atoms with van der Waals surface area (Å²) in [5.41, 5.74) is 0.678. The highest BCUT2D eigenvalue weighted by molar-refractivity contribution is 6.17. The zero-order chi connectivity index (χ0) is 10.6. The molecule has 76 valence electrons. The van der Waals surface area contributed by atoms with Crippen molar-refractivity contribution >= 4 is 23.8 Å². The van der Waals surface area contributed by atoms with E-state index < -0.39 is 5.97 Å². The van der Waals surface area contributed by atoms with E-state index in [2.05, 4.69) is 15.0 Å². The second-order valence-electron chi connectivity index (χ2n) is 2.44. The topological polar surface area (TPSA) is 57.0 Å². The van der Waals surface area contributed by atoms with Crippen LogP contribution in [0.1, 0.15) is 23.1 Å². The van der Waals surface area contributed by atoms with Crippen LogP contribution in [-0.4, -0.2) is 28.1 Å². The number of rotatable bonds is 3. The quantitative estimate of drug-likeness (QED) is 0.563. The zero-order valence-electron chi connectivity index (χ0n) is 7.90. The summed E-state index contributed by atoms with van der Waals surface area (Å²) >= 11 is 5.67. The lowest BCUT2D eigenvalue weighted by Crippen LogP contribution is -2.05. The number of hydrogen-bond acceptors (Lipinski definition) is 4. The Morgan fingerprint density at radius 3 is 2.93 bits per heavy atom. The Morgan fingerprint density at radius 2 is 2.43 bits per heavy atom. The van der Waals surface area contributed by atoms with Crippen LogP contribution in [0.2, 0.25) is 0 Å². The SMILES string of the molecule is C/C=C/n1nnc(C(=O)OC)c1CCl. The van der Waals surface area contributed by atoms with Crippen LogP contribution in [0.4, 0.5) is 0 Å². The molecular weight excluding hydrogens is 206 g/mol. The van der Waals surface area contributed by atoms with E-state index in [4.69, 9.17) is 11.6 Å². The molecule has 1 aromatic rings. The van der Waals surface area contributed by atoms with Crippen molar-refractivity contribution in [3.8, 4) is 0 Å². The number of halogens is 1. The smallest absolute Gasteiger partial charge is 0.360 e. The first-order valence-corrected chi connectivity index (χ1v) is 4.49. The van der Waals surface area contributed by atoms with Crippen molar-refractivity contribution in [2.75, 3.05) is 7.11 Å². The molecule has 0 spiro atoms. The third-order valence-electron chi connectivity index (χ3n) is 1.59. The van der Waals surface area contributed by atoms with Crippen LogP contribution in [0.3, 0.4) is 0 Å². The van der Waals surface area contributed by atoms with Gasteiger partial charge in [-0.25, -0.2) is 9.48 Å². The minimum Gasteiger partial charge on any atom is -0.464 e. The Bertz CT molecular complexity index is 359. The maximum Gasteiger partial charge on any atom is 0.360 e. The Morgan fingerprint density at radius 1 is 1.71 bits per heavy atom. The molecule has 0 bridgehead atoms. The number of aromatic nitrogens is 3. The lowest BCUT2D eigenvalue weighted by atomic mass is 10.3. The van der Waals surface area contributed by atoms with E-state index in [9.17, 15) is 4.79 Å². The van der Waals surface area contributed by atoms with Crippen molar-refractivity contribution in [3.05, 3.63) is 17.5 Å². The molecule has 0 saturated heterocycles. The monoisotopic (exact) mass is 215 g/mol. The predicted molar refractivity (Wildman–Crippen MR) is 51.9 cm³/mol. The van der Waals surface area contributed by atoms with Crippen molar-refractivity contribution in [2.24, 2.45) is 0 Å². The van der Waals surface area contributed by atoms with Gasteiger partial charge in [-0.2, -0.15) is 0 Å². The molecule has 0 aliphatic heterocycles. The van der Waals surface area contributed by atoms with Crippen LogP contribution in [0, 0.1) is 0 Å². The van der Waals surface area contributed by atoms with Gasteiger partial charge in [-0.05, 0) is 6.92 Å². The standard InChI is InChI=1S/C8H10ClN3O2/c1-3-4-12-6(5-9)7(10-11-12)8(13)14-2/h3-4H,5H2,1-2H3/b4-3+. The van der Waals surface area contributed by atoms with Crippen LogP contribution in [0.5, 0.6) is 0 Å². The molecule has 1 rings (SSSR count). The number of ether oxygens (including phenoxy) is 1. The Kier molecular flexibility index (Phi) is 3.64. The van der Waals surface area contributed by atoms with Crippen molar-refractivity contribution in [1.29, 1.82) is 0 Å². The lowest BCUT2D eigenvalue weighted by Gasteiger charge is -1.98. The van der Waals surface area contributed by atoms with Crippen molar-refractivity contribution in [3.63, 3.8) is 0 Å². The number of methoxy groups -OCH3 is 1. The van der Waals surface area contributed by atoms with Crippen LogP contribution in [-0.2, 0) is 10.6 Å². The van der Waals surface area contributed by atoms with Crippen LogP contribution >= 0.6 is 11.6 Å². The zero-order valence-corrected chi connectivity index (χ0v) is 8.65. The average Bonchev–Trinajstić information content (AvgIpc) is 2.60. The maximum absolute atomic E-state index is 11.2. The van der Waals surface area contributed by atoms with Crippen LogP contribution < -0.4 is 0 Å². The van der Waals surface area contributed by atoms with E-state index in [1.165, 1.54) is 11.8 Å². The molecule has 0 N–H and O–H groups in total. The molecule has 0 amide bonds. The van der Waals surface area contributed by atoms with E-state index in [0.29, 0.717) is 5.69 Å². The van der Waals surface area contributed by atoms with Gasteiger partial charge in [0, 0.05) is 6.20 Å². The molecular formula is C8H10ClN3O2. The normalized spacial score (nSPS) is 10.8. The molecule has 1 heterocycles. The molecule has 5 nitrogen and oxygen atoms in total. The lowest BCUT2D eigenvalue weighted by molar-refractivity contribution is 0.0593. The summed E-state index contributed by atoms with van der Waals surface area (Å²) in [6, 6.07) is 0. The third kappa shape index (κ3) is 1.93. The summed E-state index contributed by atoms with van der Waals surface area (Å²) < 4.78 is 5.98. The van der Waals surface area contributed by atoms with E-state index in [1.807, 2.05) is 6.92 Å². The molecule has 14 heavy (non-hydrogen) atoms. The number of allylic oxidation sites excluding steroid dienone is 1. The van der Waals surface area contributed by atoms with Gasteiger partial charge < -0.3 is 4.74 Å². The summed E-state index contributed by atoms with van der Waals surface area (Å²) in [4.78, 5) is 11.2. The van der Waals surface area contributed by atoms with Gasteiger partial charge in [-0.3, -0.25) is 0 Å². The number of carbonyl (C=O) groups is 1. The molecule has 0 fully saturated rings. The van der Waals surface area contributed by atoms with Crippen molar-refractivity contribution in [1.82, 2.24) is 15.0 Å². The maximum atomic E-state index is 11.2. The first-order chi connectivity index (χ1) is 6.74. The fraction of sp³-hybridized carbons (Fsp3) is 0.375. The highest BCUT2D eigenvalue weighted by atomic mass is 35.5. The first kappa shape index (κ1) is 10.7. The predicted octanol–water partition coefficient (Wildman–Crippen LogP) is 1.29. The summed E-state index contributed by atoms with van der Waals surface area (Å²) in [5.74, 6) is -0.377. The van der Waals surface area contributed by atoms with Gasteiger partial charge in [0.25, 0.3) is 0 Å². The van der Waals surface area contributed by atoms with E-state index in [0.717, 1.165) is 0 Å². The number of hydrogen-bond donors (Lipinski definition) is 0. The van der Waals surface area contributed by atoms with Crippen molar-refractivity contribution < 1.29 is 9.53 Å². The molecule has 0 radical (unpaired) electrons. The summed E-state index contributed by atoms with van der Waals surface area (Å²) in [7, 11) is 1.29. The number of esters is 1. The molecule has 0 saturated carbocycles. The van der Waals surface area contributed by atoms with E-state index in [1.54, 1.807) is 12.3 Å². The highest BCUT2D eigenvalue weighted by Gasteiger charge is 2.18. The highest BCUT2D eigenvalue weighted by Crippen LogP contribution is 2.10. The Hall–Kier alpha value is -1.36. The van der Waals surface area contributed by atoms with E-state index in [-0.39, 0.29) is 11.6 Å². The van der Waals surface area contributed by atoms with Crippen LogP contribution in [0.15, 0.2) is 6.08 Å². The van der Waals surface area contributed by atoms with Gasteiger partial charge in [-0.1, -0.05) is 11.3 Å². The van der Waals surface area contributed by atoms with E-state index >= 15 is 0 Å². The van der Waals surface area contributed by atoms with Crippen LogP contribution in [0.25, 0.3) is 6.20 Å². The van der Waals surface area contributed by atoms with Gasteiger partial charge in [0.05, 0.1) is 18.7 Å². The Labute approximate surface area is 86.3 Å². The number of carbonyl (C=O) groups excluding carboxylic acids is 1. The molecule has 0 aromatic carbocycles. The van der Waals surface area contributed by atoms with Gasteiger partial charge in [0.2, 0.25) is 0 Å². The van der Waals surface area contributed by atoms with Gasteiger partial charge in [0.15, 0.2) is 5.69 Å². The molecule has 6 heteroatoms. The summed E-state index contributed by atoms with van der Waals surface area (Å²) in [6.45, 7) is 1.83. The second kappa shape index (κ2) is 4.76. The molecule has 1 aromatic heterocycles. The van der Waals surface area contributed by atoms with Crippen molar-refractivity contribution in [2.45, 2.75) is 12.8 Å². The van der Waals surface area contributed by atoms with Gasteiger partial charge in [0.1, 0.15) is 0 Å². The van der Waals surface area contributed by atoms with Gasteiger partial charge in [-0.15, -0.1) is 16.7 Å². The Balaban J connectivity index is 3.13. The molecule has 0 aliphatic rings. The molecule has 0 aliphatic carbocycles. The number of nitrogens with zero attached hydrogens (tertiary/aromatic N) is 3.